The zero-order valence-electron chi connectivity index (χ0n) is 16.2. The Hall–Kier alpha value is -2.06. The van der Waals surface area contributed by atoms with Crippen molar-refractivity contribution in [3.8, 4) is 0 Å². The molecule has 1 aliphatic rings. The predicted octanol–water partition coefficient (Wildman–Crippen LogP) is 5.06. The summed E-state index contributed by atoms with van der Waals surface area (Å²) in [5.41, 5.74) is 5.08. The lowest BCUT2D eigenvalue weighted by molar-refractivity contribution is -0.138. The van der Waals surface area contributed by atoms with E-state index in [1.54, 1.807) is 6.07 Å². The van der Waals surface area contributed by atoms with Crippen molar-refractivity contribution in [3.63, 3.8) is 0 Å². The number of amides is 1. The molecule has 2 heterocycles. The van der Waals surface area contributed by atoms with Gasteiger partial charge in [0.25, 0.3) is 5.91 Å². The SMILES string of the molecule is CC1(C)Cc2c(sc(NCc3ccccc3C(F)(F)F)c2C(N)=O)C(C)(C)O1. The van der Waals surface area contributed by atoms with Crippen LogP contribution in [0.1, 0.15) is 59.6 Å². The van der Waals surface area contributed by atoms with Crippen LogP contribution >= 0.6 is 11.3 Å². The van der Waals surface area contributed by atoms with Gasteiger partial charge < -0.3 is 15.8 Å². The highest BCUT2D eigenvalue weighted by atomic mass is 32.1. The molecular formula is C20H23F3N2O2S. The highest BCUT2D eigenvalue weighted by molar-refractivity contribution is 7.16. The summed E-state index contributed by atoms with van der Waals surface area (Å²) in [6, 6.07) is 5.38. The van der Waals surface area contributed by atoms with Crippen LogP contribution in [0.15, 0.2) is 24.3 Å². The smallest absolute Gasteiger partial charge is 0.372 e. The molecule has 1 amide bonds. The van der Waals surface area contributed by atoms with Crippen molar-refractivity contribution in [2.75, 3.05) is 5.32 Å². The zero-order valence-corrected chi connectivity index (χ0v) is 17.0. The molecule has 4 nitrogen and oxygen atoms in total. The van der Waals surface area contributed by atoms with Gasteiger partial charge in [0.1, 0.15) is 5.00 Å². The maximum atomic E-state index is 13.2. The molecule has 0 unspecified atom stereocenters. The van der Waals surface area contributed by atoms with Crippen molar-refractivity contribution < 1.29 is 22.7 Å². The number of fused-ring (bicyclic) bond motifs is 1. The molecule has 1 aliphatic heterocycles. The number of hydrogen-bond acceptors (Lipinski definition) is 4. The summed E-state index contributed by atoms with van der Waals surface area (Å²) in [6.07, 6.45) is -3.94. The molecule has 28 heavy (non-hydrogen) atoms. The molecule has 0 saturated carbocycles. The van der Waals surface area contributed by atoms with Gasteiger partial charge in [-0.3, -0.25) is 4.79 Å². The number of carbonyl (C=O) groups excluding carboxylic acids is 1. The van der Waals surface area contributed by atoms with E-state index in [4.69, 9.17) is 10.5 Å². The maximum Gasteiger partial charge on any atom is 0.416 e. The van der Waals surface area contributed by atoms with Crippen LogP contribution < -0.4 is 11.1 Å². The van der Waals surface area contributed by atoms with Crippen molar-refractivity contribution in [1.82, 2.24) is 0 Å². The summed E-state index contributed by atoms with van der Waals surface area (Å²) in [4.78, 5) is 13.1. The molecule has 2 aromatic rings. The van der Waals surface area contributed by atoms with E-state index in [1.165, 1.54) is 23.5 Å². The molecule has 3 N–H and O–H groups in total. The topological polar surface area (TPSA) is 64.3 Å². The van der Waals surface area contributed by atoms with Gasteiger partial charge >= 0.3 is 6.18 Å². The van der Waals surface area contributed by atoms with Gasteiger partial charge in [-0.05, 0) is 44.9 Å². The number of primary amides is 1. The molecule has 1 aromatic heterocycles. The molecule has 1 aromatic carbocycles. The number of ether oxygens (including phenoxy) is 1. The largest absolute Gasteiger partial charge is 0.416 e. The van der Waals surface area contributed by atoms with Crippen LogP contribution in [-0.2, 0) is 29.5 Å². The number of anilines is 1. The first-order valence-corrected chi connectivity index (χ1v) is 9.68. The second kappa shape index (κ2) is 6.77. The van der Waals surface area contributed by atoms with Crippen molar-refractivity contribution in [1.29, 1.82) is 0 Å². The van der Waals surface area contributed by atoms with E-state index in [1.807, 2.05) is 27.7 Å². The fourth-order valence-corrected chi connectivity index (χ4v) is 5.09. The average Bonchev–Trinajstić information content (AvgIpc) is 2.89. The Kier molecular flexibility index (Phi) is 5.00. The Morgan fingerprint density at radius 2 is 1.89 bits per heavy atom. The highest BCUT2D eigenvalue weighted by Gasteiger charge is 2.42. The minimum atomic E-state index is -4.45. The number of rotatable bonds is 4. The highest BCUT2D eigenvalue weighted by Crippen LogP contribution is 2.48. The second-order valence-corrected chi connectivity index (χ2v) is 9.06. The molecule has 152 valence electrons. The standard InChI is InChI=1S/C20H23F3N2O2S/c1-18(2)9-12-14(16(24)26)17(28-15(12)19(3,4)27-18)25-10-11-7-5-6-8-13(11)20(21,22)23/h5-8,25H,9-10H2,1-4H3,(H2,24,26). The van der Waals surface area contributed by atoms with Gasteiger partial charge in [-0.25, -0.2) is 0 Å². The van der Waals surface area contributed by atoms with Crippen LogP contribution in [0.2, 0.25) is 0 Å². The van der Waals surface area contributed by atoms with Gasteiger partial charge in [-0.1, -0.05) is 18.2 Å². The van der Waals surface area contributed by atoms with E-state index in [-0.39, 0.29) is 12.1 Å². The summed E-state index contributed by atoms with van der Waals surface area (Å²) >= 11 is 1.31. The van der Waals surface area contributed by atoms with Gasteiger partial charge in [0.15, 0.2) is 0 Å². The first-order valence-electron chi connectivity index (χ1n) is 8.87. The van der Waals surface area contributed by atoms with E-state index in [2.05, 4.69) is 5.32 Å². The van der Waals surface area contributed by atoms with Gasteiger partial charge in [0.2, 0.25) is 0 Å². The van der Waals surface area contributed by atoms with Crippen molar-refractivity contribution in [3.05, 3.63) is 51.4 Å². The molecule has 0 fully saturated rings. The number of nitrogens with two attached hydrogens (primary N) is 1. The lowest BCUT2D eigenvalue weighted by atomic mass is 9.86. The molecule has 0 spiro atoms. The number of carbonyl (C=O) groups is 1. The Morgan fingerprint density at radius 1 is 1.25 bits per heavy atom. The monoisotopic (exact) mass is 412 g/mol. The summed E-state index contributed by atoms with van der Waals surface area (Å²) < 4.78 is 45.9. The van der Waals surface area contributed by atoms with Gasteiger partial charge in [0.05, 0.1) is 22.3 Å². The minimum Gasteiger partial charge on any atom is -0.372 e. The second-order valence-electron chi connectivity index (χ2n) is 8.04. The molecule has 0 bridgehead atoms. The van der Waals surface area contributed by atoms with Crippen molar-refractivity contribution in [2.45, 2.75) is 58.0 Å². The van der Waals surface area contributed by atoms with E-state index in [0.717, 1.165) is 16.5 Å². The minimum absolute atomic E-state index is 0.0694. The number of nitrogens with one attached hydrogen (secondary N) is 1. The fourth-order valence-electron chi connectivity index (χ4n) is 3.83. The average molecular weight is 412 g/mol. The number of halogens is 3. The first-order chi connectivity index (χ1) is 12.8. The zero-order chi connectivity index (χ0) is 20.9. The first kappa shape index (κ1) is 20.7. The molecule has 3 rings (SSSR count). The lowest BCUT2D eigenvalue weighted by Crippen LogP contribution is -2.42. The van der Waals surface area contributed by atoms with E-state index in [9.17, 15) is 18.0 Å². The van der Waals surface area contributed by atoms with Gasteiger partial charge in [-0.15, -0.1) is 11.3 Å². The summed E-state index contributed by atoms with van der Waals surface area (Å²) in [6.45, 7) is 7.63. The van der Waals surface area contributed by atoms with E-state index >= 15 is 0 Å². The van der Waals surface area contributed by atoms with Gasteiger partial charge in [-0.2, -0.15) is 13.2 Å². The Labute approximate surface area is 165 Å². The molecule has 0 saturated heterocycles. The maximum absolute atomic E-state index is 13.2. The molecule has 0 atom stereocenters. The third-order valence-electron chi connectivity index (χ3n) is 4.70. The molecular weight excluding hydrogens is 389 g/mol. The van der Waals surface area contributed by atoms with Gasteiger partial charge in [0, 0.05) is 17.8 Å². The molecule has 0 aliphatic carbocycles. The predicted molar refractivity (Wildman–Crippen MR) is 104 cm³/mol. The van der Waals surface area contributed by atoms with Crippen LogP contribution in [0.3, 0.4) is 0 Å². The number of thiophene rings is 1. The fraction of sp³-hybridized carbons (Fsp3) is 0.450. The van der Waals surface area contributed by atoms with Crippen molar-refractivity contribution in [2.24, 2.45) is 5.73 Å². The third-order valence-corrected chi connectivity index (χ3v) is 6.19. The van der Waals surface area contributed by atoms with Crippen LogP contribution in [0.5, 0.6) is 0 Å². The van der Waals surface area contributed by atoms with Crippen LogP contribution in [0.25, 0.3) is 0 Å². The summed E-state index contributed by atoms with van der Waals surface area (Å²) in [5.74, 6) is -0.599. The Bertz CT molecular complexity index is 917. The van der Waals surface area contributed by atoms with Crippen LogP contribution in [0.4, 0.5) is 18.2 Å². The Morgan fingerprint density at radius 3 is 2.50 bits per heavy atom. The quantitative estimate of drug-likeness (QED) is 0.737. The third kappa shape index (κ3) is 3.89. The summed E-state index contributed by atoms with van der Waals surface area (Å²) in [7, 11) is 0. The summed E-state index contributed by atoms with van der Waals surface area (Å²) in [5, 5.41) is 3.48. The number of benzene rings is 1. The lowest BCUT2D eigenvalue weighted by Gasteiger charge is -2.41. The number of hydrogen-bond donors (Lipinski definition) is 2. The van der Waals surface area contributed by atoms with Crippen molar-refractivity contribution >= 4 is 22.2 Å². The normalized spacial score (nSPS) is 17.8. The van der Waals surface area contributed by atoms with E-state index < -0.39 is 28.8 Å². The Balaban J connectivity index is 2.00. The van der Waals surface area contributed by atoms with Crippen LogP contribution in [0, 0.1) is 0 Å². The molecule has 0 radical (unpaired) electrons. The number of alkyl halides is 3. The van der Waals surface area contributed by atoms with Crippen LogP contribution in [-0.4, -0.2) is 11.5 Å². The van der Waals surface area contributed by atoms with E-state index in [0.29, 0.717) is 17.0 Å². The molecule has 8 heteroatoms.